The van der Waals surface area contributed by atoms with Gasteiger partial charge in [0.25, 0.3) is 5.91 Å². The van der Waals surface area contributed by atoms with Crippen molar-refractivity contribution in [2.75, 3.05) is 19.7 Å². The van der Waals surface area contributed by atoms with Gasteiger partial charge >= 0.3 is 0 Å². The van der Waals surface area contributed by atoms with E-state index < -0.39 is 5.91 Å². The number of rotatable bonds is 9. The van der Waals surface area contributed by atoms with E-state index in [-0.39, 0.29) is 12.4 Å². The first-order valence-corrected chi connectivity index (χ1v) is 8.63. The number of thiazole rings is 1. The van der Waals surface area contributed by atoms with Crippen LogP contribution in [0.25, 0.3) is 10.6 Å². The summed E-state index contributed by atoms with van der Waals surface area (Å²) in [5.74, 6) is 1.04. The van der Waals surface area contributed by atoms with Gasteiger partial charge in [-0.25, -0.2) is 4.98 Å². The molecule has 0 bridgehead atoms. The molecule has 2 aromatic rings. The molecule has 2 rings (SSSR count). The standard InChI is InChI=1S/C17H23N3O2S.ClH/c1-12(2)7-8-19-9-10-22-14-5-3-13(4-6-14)17-20-15(11-23-17)16(18)21;/h3-6,11-12,19H,7-10H2,1-2H3,(H2,18,21);1H. The monoisotopic (exact) mass is 369 g/mol. The molecule has 1 heterocycles. The maximum atomic E-state index is 11.1. The SMILES string of the molecule is CC(C)CCNCCOc1ccc(-c2nc(C(N)=O)cs2)cc1.Cl. The summed E-state index contributed by atoms with van der Waals surface area (Å²) in [6, 6.07) is 7.69. The van der Waals surface area contributed by atoms with Crippen LogP contribution in [0.3, 0.4) is 0 Å². The predicted molar refractivity (Wildman–Crippen MR) is 101 cm³/mol. The number of carbonyl (C=O) groups excluding carboxylic acids is 1. The van der Waals surface area contributed by atoms with Crippen LogP contribution in [0.5, 0.6) is 5.75 Å². The van der Waals surface area contributed by atoms with E-state index in [1.807, 2.05) is 24.3 Å². The van der Waals surface area contributed by atoms with Gasteiger partial charge in [0.2, 0.25) is 0 Å². The molecule has 5 nitrogen and oxygen atoms in total. The molecule has 0 saturated carbocycles. The number of hydrogen-bond acceptors (Lipinski definition) is 5. The van der Waals surface area contributed by atoms with Crippen LogP contribution in [0, 0.1) is 5.92 Å². The van der Waals surface area contributed by atoms with Crippen LogP contribution in [-0.2, 0) is 0 Å². The Morgan fingerprint density at radius 1 is 1.29 bits per heavy atom. The van der Waals surface area contributed by atoms with Gasteiger partial charge in [-0.1, -0.05) is 13.8 Å². The van der Waals surface area contributed by atoms with Crippen LogP contribution < -0.4 is 15.8 Å². The molecule has 0 fully saturated rings. The molecule has 0 atom stereocenters. The van der Waals surface area contributed by atoms with Crippen LogP contribution in [0.15, 0.2) is 29.6 Å². The van der Waals surface area contributed by atoms with E-state index in [9.17, 15) is 4.79 Å². The van der Waals surface area contributed by atoms with Crippen molar-refractivity contribution >= 4 is 29.7 Å². The van der Waals surface area contributed by atoms with E-state index in [2.05, 4.69) is 24.1 Å². The smallest absolute Gasteiger partial charge is 0.268 e. The molecule has 0 aliphatic rings. The number of benzene rings is 1. The highest BCUT2D eigenvalue weighted by atomic mass is 35.5. The summed E-state index contributed by atoms with van der Waals surface area (Å²) >= 11 is 1.40. The highest BCUT2D eigenvalue weighted by molar-refractivity contribution is 7.13. The lowest BCUT2D eigenvalue weighted by Crippen LogP contribution is -2.22. The molecule has 3 N–H and O–H groups in total. The lowest BCUT2D eigenvalue weighted by molar-refractivity contribution is 0.0996. The Labute approximate surface area is 153 Å². The van der Waals surface area contributed by atoms with Crippen molar-refractivity contribution in [1.29, 1.82) is 0 Å². The Morgan fingerprint density at radius 3 is 2.58 bits per heavy atom. The summed E-state index contributed by atoms with van der Waals surface area (Å²) in [6.07, 6.45) is 1.18. The van der Waals surface area contributed by atoms with E-state index in [0.717, 1.165) is 35.3 Å². The highest BCUT2D eigenvalue weighted by Gasteiger charge is 2.08. The molecule has 1 aromatic carbocycles. The Hall–Kier alpha value is -1.63. The molecule has 1 aromatic heterocycles. The second-order valence-electron chi connectivity index (χ2n) is 5.71. The third-order valence-electron chi connectivity index (χ3n) is 3.30. The van der Waals surface area contributed by atoms with Crippen molar-refractivity contribution in [3.63, 3.8) is 0 Å². The van der Waals surface area contributed by atoms with E-state index in [0.29, 0.717) is 12.3 Å². The Kier molecular flexibility index (Phi) is 8.74. The second kappa shape index (κ2) is 10.3. The molecule has 132 valence electrons. The van der Waals surface area contributed by atoms with Gasteiger partial charge in [0, 0.05) is 17.5 Å². The fourth-order valence-corrected chi connectivity index (χ4v) is 2.79. The first kappa shape index (κ1) is 20.4. The number of carbonyl (C=O) groups is 1. The number of nitrogens with two attached hydrogens (primary N) is 1. The number of primary amides is 1. The summed E-state index contributed by atoms with van der Waals surface area (Å²) in [5.41, 5.74) is 6.47. The molecule has 0 unspecified atom stereocenters. The summed E-state index contributed by atoms with van der Waals surface area (Å²) in [5, 5.41) is 5.81. The van der Waals surface area contributed by atoms with Gasteiger partial charge in [-0.2, -0.15) is 0 Å². The van der Waals surface area contributed by atoms with Gasteiger partial charge in [-0.15, -0.1) is 23.7 Å². The Balaban J connectivity index is 0.00000288. The maximum absolute atomic E-state index is 11.1. The van der Waals surface area contributed by atoms with E-state index in [1.165, 1.54) is 17.8 Å². The van der Waals surface area contributed by atoms with E-state index in [4.69, 9.17) is 10.5 Å². The lowest BCUT2D eigenvalue weighted by atomic mass is 10.1. The highest BCUT2D eigenvalue weighted by Crippen LogP contribution is 2.25. The van der Waals surface area contributed by atoms with Crippen molar-refractivity contribution in [3.05, 3.63) is 35.3 Å². The molecule has 0 saturated heterocycles. The average molecular weight is 370 g/mol. The van der Waals surface area contributed by atoms with Crippen molar-refractivity contribution in [2.45, 2.75) is 20.3 Å². The molecule has 0 aliphatic heterocycles. The minimum atomic E-state index is -0.502. The molecular formula is C17H24ClN3O2S. The molecule has 7 heteroatoms. The predicted octanol–water partition coefficient (Wildman–Crippen LogP) is 3.35. The first-order chi connectivity index (χ1) is 11.1. The minimum Gasteiger partial charge on any atom is -0.492 e. The minimum absolute atomic E-state index is 0. The van der Waals surface area contributed by atoms with Crippen molar-refractivity contribution < 1.29 is 9.53 Å². The van der Waals surface area contributed by atoms with Gasteiger partial charge in [0.05, 0.1) is 0 Å². The topological polar surface area (TPSA) is 77.2 Å². The fourth-order valence-electron chi connectivity index (χ4n) is 1.97. The summed E-state index contributed by atoms with van der Waals surface area (Å²) in [6.45, 7) is 6.93. The van der Waals surface area contributed by atoms with Crippen molar-refractivity contribution in [3.8, 4) is 16.3 Å². The largest absolute Gasteiger partial charge is 0.492 e. The van der Waals surface area contributed by atoms with Gasteiger partial charge in [-0.05, 0) is 43.1 Å². The number of ether oxygens (including phenoxy) is 1. The Morgan fingerprint density at radius 2 is 2.00 bits per heavy atom. The van der Waals surface area contributed by atoms with E-state index >= 15 is 0 Å². The zero-order valence-electron chi connectivity index (χ0n) is 14.0. The third-order valence-corrected chi connectivity index (χ3v) is 4.20. The number of aromatic nitrogens is 1. The quantitative estimate of drug-likeness (QED) is 0.664. The Bertz CT molecular complexity index is 629. The molecule has 24 heavy (non-hydrogen) atoms. The van der Waals surface area contributed by atoms with Crippen LogP contribution in [-0.4, -0.2) is 30.6 Å². The van der Waals surface area contributed by atoms with Gasteiger partial charge in [-0.3, -0.25) is 4.79 Å². The zero-order valence-corrected chi connectivity index (χ0v) is 15.6. The van der Waals surface area contributed by atoms with E-state index in [1.54, 1.807) is 5.38 Å². The average Bonchev–Trinajstić information content (AvgIpc) is 3.01. The number of halogens is 1. The van der Waals surface area contributed by atoms with Gasteiger partial charge < -0.3 is 15.8 Å². The summed E-state index contributed by atoms with van der Waals surface area (Å²) in [4.78, 5) is 15.3. The number of amides is 1. The zero-order chi connectivity index (χ0) is 16.7. The van der Waals surface area contributed by atoms with Gasteiger partial charge in [0.1, 0.15) is 23.1 Å². The third kappa shape index (κ3) is 6.47. The summed E-state index contributed by atoms with van der Waals surface area (Å²) in [7, 11) is 0. The normalized spacial score (nSPS) is 10.5. The van der Waals surface area contributed by atoms with Crippen LogP contribution in [0.4, 0.5) is 0 Å². The first-order valence-electron chi connectivity index (χ1n) is 7.75. The number of nitrogens with zero attached hydrogens (tertiary/aromatic N) is 1. The van der Waals surface area contributed by atoms with Gasteiger partial charge in [0.15, 0.2) is 0 Å². The molecule has 0 aliphatic carbocycles. The summed E-state index contributed by atoms with van der Waals surface area (Å²) < 4.78 is 5.69. The van der Waals surface area contributed by atoms with Crippen molar-refractivity contribution in [2.24, 2.45) is 11.7 Å². The number of nitrogens with one attached hydrogen (secondary N) is 1. The molecule has 0 spiro atoms. The second-order valence-corrected chi connectivity index (χ2v) is 6.57. The maximum Gasteiger partial charge on any atom is 0.268 e. The van der Waals surface area contributed by atoms with Crippen molar-refractivity contribution in [1.82, 2.24) is 10.3 Å². The van der Waals surface area contributed by atoms with Crippen LogP contribution in [0.1, 0.15) is 30.8 Å². The van der Waals surface area contributed by atoms with Crippen LogP contribution >= 0.6 is 23.7 Å². The van der Waals surface area contributed by atoms with Crippen LogP contribution in [0.2, 0.25) is 0 Å². The number of hydrogen-bond donors (Lipinski definition) is 2. The molecule has 1 amide bonds. The lowest BCUT2D eigenvalue weighted by Gasteiger charge is -2.09. The fraction of sp³-hybridized carbons (Fsp3) is 0.412. The molecule has 0 radical (unpaired) electrons. The molecular weight excluding hydrogens is 346 g/mol.